The van der Waals surface area contributed by atoms with Gasteiger partial charge >= 0.3 is 0 Å². The standard InChI is InChI=1S/C13H15FN2O3S/c1-19-13(10-3-4-10)8-20(17,18)16-12-6-9(7-15)2-5-11(12)14/h2,5-6,10,13,16H,3-4,8H2,1H3/t13-/m0/s1. The van der Waals surface area contributed by atoms with Crippen LogP contribution in [0, 0.1) is 23.1 Å². The molecule has 0 aliphatic heterocycles. The number of hydrogen-bond acceptors (Lipinski definition) is 4. The monoisotopic (exact) mass is 298 g/mol. The molecule has 1 saturated carbocycles. The normalized spacial score (nSPS) is 16.4. The second kappa shape index (κ2) is 5.77. The molecule has 0 radical (unpaired) electrons. The minimum absolute atomic E-state index is 0.189. The Labute approximate surface area is 117 Å². The number of ether oxygens (including phenoxy) is 1. The van der Waals surface area contributed by atoms with Crippen LogP contribution in [-0.4, -0.2) is 27.4 Å². The van der Waals surface area contributed by atoms with Crippen LogP contribution in [0.15, 0.2) is 18.2 Å². The SMILES string of the molecule is CO[C@@H](CS(=O)(=O)Nc1cc(C#N)ccc1F)C1CC1. The zero-order valence-electron chi connectivity index (χ0n) is 11.0. The lowest BCUT2D eigenvalue weighted by molar-refractivity contribution is 0.103. The predicted octanol–water partition coefficient (Wildman–Crippen LogP) is 1.86. The van der Waals surface area contributed by atoms with E-state index in [-0.39, 0.29) is 29.0 Å². The van der Waals surface area contributed by atoms with Crippen molar-refractivity contribution in [3.63, 3.8) is 0 Å². The predicted molar refractivity (Wildman–Crippen MR) is 72.0 cm³/mol. The molecule has 1 aromatic carbocycles. The quantitative estimate of drug-likeness (QED) is 0.869. The number of hydrogen-bond donors (Lipinski definition) is 1. The molecule has 1 atom stereocenters. The number of nitriles is 1. The minimum atomic E-state index is -3.72. The second-order valence-corrected chi connectivity index (χ2v) is 6.57. The summed E-state index contributed by atoms with van der Waals surface area (Å²) < 4.78 is 44.9. The van der Waals surface area contributed by atoms with Gasteiger partial charge < -0.3 is 4.74 Å². The van der Waals surface area contributed by atoms with Gasteiger partial charge in [0.1, 0.15) is 5.82 Å². The van der Waals surface area contributed by atoms with Gasteiger partial charge in [-0.15, -0.1) is 0 Å². The van der Waals surface area contributed by atoms with Crippen LogP contribution < -0.4 is 4.72 Å². The molecule has 1 aliphatic carbocycles. The number of rotatable bonds is 6. The Hall–Kier alpha value is -1.65. The third-order valence-corrected chi connectivity index (χ3v) is 4.49. The molecule has 7 heteroatoms. The van der Waals surface area contributed by atoms with E-state index < -0.39 is 15.8 Å². The van der Waals surface area contributed by atoms with Crippen LogP contribution in [0.1, 0.15) is 18.4 Å². The zero-order chi connectivity index (χ0) is 14.8. The van der Waals surface area contributed by atoms with Crippen molar-refractivity contribution in [1.82, 2.24) is 0 Å². The van der Waals surface area contributed by atoms with Crippen LogP contribution in [0.25, 0.3) is 0 Å². The molecule has 1 aliphatic rings. The van der Waals surface area contributed by atoms with Gasteiger partial charge in [-0.25, -0.2) is 12.8 Å². The number of benzene rings is 1. The molecule has 0 heterocycles. The molecule has 5 nitrogen and oxygen atoms in total. The number of nitrogens with zero attached hydrogens (tertiary/aromatic N) is 1. The summed E-state index contributed by atoms with van der Waals surface area (Å²) in [5, 5.41) is 8.75. The average Bonchev–Trinajstić information content (AvgIpc) is 3.23. The Morgan fingerprint density at radius 3 is 2.80 bits per heavy atom. The van der Waals surface area contributed by atoms with Crippen LogP contribution in [-0.2, 0) is 14.8 Å². The van der Waals surface area contributed by atoms with Crippen molar-refractivity contribution < 1.29 is 17.5 Å². The summed E-state index contributed by atoms with van der Waals surface area (Å²) in [6.45, 7) is 0. The Kier molecular flexibility index (Phi) is 4.26. The number of anilines is 1. The van der Waals surface area contributed by atoms with Gasteiger partial charge in [0.2, 0.25) is 10.0 Å². The van der Waals surface area contributed by atoms with Crippen LogP contribution >= 0.6 is 0 Å². The van der Waals surface area contributed by atoms with E-state index in [0.717, 1.165) is 18.9 Å². The summed E-state index contributed by atoms with van der Waals surface area (Å²) >= 11 is 0. The first-order chi connectivity index (χ1) is 9.45. The first-order valence-corrected chi connectivity index (χ1v) is 7.83. The van der Waals surface area contributed by atoms with E-state index in [4.69, 9.17) is 10.00 Å². The van der Waals surface area contributed by atoms with E-state index in [1.807, 2.05) is 6.07 Å². The molecule has 20 heavy (non-hydrogen) atoms. The van der Waals surface area contributed by atoms with E-state index >= 15 is 0 Å². The van der Waals surface area contributed by atoms with Crippen LogP contribution in [0.4, 0.5) is 10.1 Å². The number of halogens is 1. The summed E-state index contributed by atoms with van der Waals surface area (Å²) in [7, 11) is -2.26. The fourth-order valence-electron chi connectivity index (χ4n) is 1.96. The maximum Gasteiger partial charge on any atom is 0.235 e. The average molecular weight is 298 g/mol. The lowest BCUT2D eigenvalue weighted by atomic mass is 10.2. The lowest BCUT2D eigenvalue weighted by Crippen LogP contribution is -2.29. The molecule has 0 spiro atoms. The summed E-state index contributed by atoms with van der Waals surface area (Å²) in [5.41, 5.74) is -0.0238. The highest BCUT2D eigenvalue weighted by molar-refractivity contribution is 7.92. The summed E-state index contributed by atoms with van der Waals surface area (Å²) in [4.78, 5) is 0. The van der Waals surface area contributed by atoms with Gasteiger partial charge in [-0.1, -0.05) is 0 Å². The molecule has 0 unspecified atom stereocenters. The minimum Gasteiger partial charge on any atom is -0.380 e. The van der Waals surface area contributed by atoms with E-state index in [1.165, 1.54) is 19.2 Å². The van der Waals surface area contributed by atoms with Gasteiger partial charge in [0.15, 0.2) is 0 Å². The van der Waals surface area contributed by atoms with Crippen molar-refractivity contribution in [2.24, 2.45) is 5.92 Å². The van der Waals surface area contributed by atoms with Crippen molar-refractivity contribution in [3.8, 4) is 6.07 Å². The van der Waals surface area contributed by atoms with E-state index in [0.29, 0.717) is 0 Å². The van der Waals surface area contributed by atoms with Gasteiger partial charge in [0, 0.05) is 7.11 Å². The highest BCUT2D eigenvalue weighted by Crippen LogP contribution is 2.34. The molecule has 0 bridgehead atoms. The van der Waals surface area contributed by atoms with Crippen molar-refractivity contribution in [2.75, 3.05) is 17.6 Å². The summed E-state index contributed by atoms with van der Waals surface area (Å²) in [6.07, 6.45) is 1.52. The van der Waals surface area contributed by atoms with Gasteiger partial charge in [0.05, 0.1) is 29.2 Å². The van der Waals surface area contributed by atoms with Gasteiger partial charge in [-0.3, -0.25) is 4.72 Å². The van der Waals surface area contributed by atoms with Crippen molar-refractivity contribution in [1.29, 1.82) is 5.26 Å². The second-order valence-electron chi connectivity index (χ2n) is 4.80. The van der Waals surface area contributed by atoms with Crippen LogP contribution in [0.2, 0.25) is 0 Å². The maximum absolute atomic E-state index is 13.6. The Morgan fingerprint density at radius 1 is 1.55 bits per heavy atom. The first kappa shape index (κ1) is 14.8. The molecule has 0 aromatic heterocycles. The van der Waals surface area contributed by atoms with E-state index in [9.17, 15) is 12.8 Å². The van der Waals surface area contributed by atoms with Gasteiger partial charge in [-0.2, -0.15) is 5.26 Å². The summed E-state index contributed by atoms with van der Waals surface area (Å²) in [5.74, 6) is -0.676. The molecule has 0 saturated heterocycles. The Bertz CT molecular complexity index is 636. The highest BCUT2D eigenvalue weighted by atomic mass is 32.2. The molecule has 0 amide bonds. The smallest absolute Gasteiger partial charge is 0.235 e. The maximum atomic E-state index is 13.6. The van der Waals surface area contributed by atoms with Gasteiger partial charge in [-0.05, 0) is 37.0 Å². The molecule has 1 aromatic rings. The Balaban J connectivity index is 2.13. The Morgan fingerprint density at radius 2 is 2.25 bits per heavy atom. The molecule has 1 N–H and O–H groups in total. The van der Waals surface area contributed by atoms with Crippen molar-refractivity contribution >= 4 is 15.7 Å². The number of nitrogens with one attached hydrogen (secondary N) is 1. The fourth-order valence-corrected chi connectivity index (χ4v) is 3.38. The van der Waals surface area contributed by atoms with Gasteiger partial charge in [0.25, 0.3) is 0 Å². The van der Waals surface area contributed by atoms with E-state index in [1.54, 1.807) is 0 Å². The molecular formula is C13H15FN2O3S. The highest BCUT2D eigenvalue weighted by Gasteiger charge is 2.34. The number of sulfonamides is 1. The third kappa shape index (κ3) is 3.68. The molecule has 2 rings (SSSR count). The topological polar surface area (TPSA) is 79.2 Å². The summed E-state index contributed by atoms with van der Waals surface area (Å²) in [6, 6.07) is 5.35. The zero-order valence-corrected chi connectivity index (χ0v) is 11.8. The molecule has 1 fully saturated rings. The third-order valence-electron chi connectivity index (χ3n) is 3.20. The lowest BCUT2D eigenvalue weighted by Gasteiger charge is -2.16. The first-order valence-electron chi connectivity index (χ1n) is 6.18. The van der Waals surface area contributed by atoms with Crippen LogP contribution in [0.3, 0.4) is 0 Å². The van der Waals surface area contributed by atoms with Crippen molar-refractivity contribution in [3.05, 3.63) is 29.6 Å². The number of methoxy groups -OCH3 is 1. The largest absolute Gasteiger partial charge is 0.380 e. The van der Waals surface area contributed by atoms with Crippen molar-refractivity contribution in [2.45, 2.75) is 18.9 Å². The molecular weight excluding hydrogens is 283 g/mol. The van der Waals surface area contributed by atoms with E-state index in [2.05, 4.69) is 4.72 Å². The van der Waals surface area contributed by atoms with Crippen LogP contribution in [0.5, 0.6) is 0 Å². The fraction of sp³-hybridized carbons (Fsp3) is 0.462. The molecule has 108 valence electrons.